The molecule has 0 bridgehead atoms. The van der Waals surface area contributed by atoms with Crippen LogP contribution >= 0.6 is 22.9 Å². The Labute approximate surface area is 200 Å². The van der Waals surface area contributed by atoms with Crippen molar-refractivity contribution in [2.75, 3.05) is 22.1 Å². The molecule has 1 fully saturated rings. The summed E-state index contributed by atoms with van der Waals surface area (Å²) < 4.78 is 0. The van der Waals surface area contributed by atoms with Crippen LogP contribution < -0.4 is 15.5 Å². The molecule has 2 heterocycles. The molecule has 3 amide bonds. The van der Waals surface area contributed by atoms with Crippen molar-refractivity contribution in [1.82, 2.24) is 10.2 Å². The highest BCUT2D eigenvalue weighted by atomic mass is 35.5. The van der Waals surface area contributed by atoms with Gasteiger partial charge in [0.2, 0.25) is 16.9 Å². The van der Waals surface area contributed by atoms with Gasteiger partial charge >= 0.3 is 0 Å². The summed E-state index contributed by atoms with van der Waals surface area (Å²) in [4.78, 5) is 38.5. The van der Waals surface area contributed by atoms with Crippen molar-refractivity contribution < 1.29 is 14.4 Å². The van der Waals surface area contributed by atoms with Crippen molar-refractivity contribution in [3.05, 3.63) is 64.1 Å². The summed E-state index contributed by atoms with van der Waals surface area (Å²) in [5.74, 6) is -0.470. The molecule has 4 rings (SSSR count). The number of halogens is 1. The fourth-order valence-corrected chi connectivity index (χ4v) is 4.47. The summed E-state index contributed by atoms with van der Waals surface area (Å²) in [5, 5.41) is 15.5. The highest BCUT2D eigenvalue weighted by Crippen LogP contribution is 2.34. The molecule has 1 atom stereocenters. The Bertz CT molecular complexity index is 1160. The van der Waals surface area contributed by atoms with Crippen molar-refractivity contribution in [2.45, 2.75) is 32.1 Å². The van der Waals surface area contributed by atoms with Gasteiger partial charge in [-0.1, -0.05) is 29.9 Å². The molecule has 3 aromatic rings. The van der Waals surface area contributed by atoms with E-state index >= 15 is 0 Å². The lowest BCUT2D eigenvalue weighted by molar-refractivity contribution is -0.117. The fraction of sp³-hybridized carbons (Fsp3) is 0.261. The molecular formula is C23H22ClN5O3S. The molecule has 2 N–H and O–H groups in total. The van der Waals surface area contributed by atoms with Gasteiger partial charge in [0.1, 0.15) is 5.01 Å². The molecule has 10 heteroatoms. The van der Waals surface area contributed by atoms with Crippen LogP contribution in [0.5, 0.6) is 0 Å². The average molecular weight is 484 g/mol. The third kappa shape index (κ3) is 5.55. The molecule has 0 saturated carbocycles. The van der Waals surface area contributed by atoms with E-state index in [1.807, 2.05) is 19.1 Å². The highest BCUT2D eigenvalue weighted by molar-refractivity contribution is 7.15. The lowest BCUT2D eigenvalue weighted by Gasteiger charge is -2.16. The van der Waals surface area contributed by atoms with Gasteiger partial charge in [0.05, 0.1) is 0 Å². The predicted octanol–water partition coefficient (Wildman–Crippen LogP) is 4.70. The minimum Gasteiger partial charge on any atom is -0.326 e. The summed E-state index contributed by atoms with van der Waals surface area (Å²) in [6, 6.07) is 13.8. The molecule has 0 aliphatic carbocycles. The molecule has 0 spiro atoms. The van der Waals surface area contributed by atoms with Crippen LogP contribution in [0, 0.1) is 0 Å². The van der Waals surface area contributed by atoms with Gasteiger partial charge in [-0.3, -0.25) is 19.7 Å². The molecule has 1 aliphatic rings. The standard InChI is InChI=1S/C23H22ClN5O3S/c1-2-3-19(30)25-17-8-4-14(5-9-17)21(32)26-23-28-27-22(33-23)15-12-20(31)29(13-15)18-10-6-16(24)7-11-18/h4-11,15H,2-3,12-13H2,1H3,(H,25,30)(H,26,28,32). The average Bonchev–Trinajstić information content (AvgIpc) is 3.41. The monoisotopic (exact) mass is 483 g/mol. The third-order valence-corrected chi connectivity index (χ3v) is 6.43. The van der Waals surface area contributed by atoms with Gasteiger partial charge in [0.15, 0.2) is 0 Å². The Morgan fingerprint density at radius 3 is 2.52 bits per heavy atom. The van der Waals surface area contributed by atoms with Crippen LogP contribution in [0.3, 0.4) is 0 Å². The molecule has 0 radical (unpaired) electrons. The molecule has 1 saturated heterocycles. The molecule has 8 nitrogen and oxygen atoms in total. The summed E-state index contributed by atoms with van der Waals surface area (Å²) in [5.41, 5.74) is 1.86. The van der Waals surface area contributed by atoms with E-state index in [4.69, 9.17) is 11.6 Å². The Kier molecular flexibility index (Phi) is 7.00. The lowest BCUT2D eigenvalue weighted by atomic mass is 10.1. The number of benzene rings is 2. The van der Waals surface area contributed by atoms with Crippen LogP contribution in [0.15, 0.2) is 48.5 Å². The van der Waals surface area contributed by atoms with E-state index in [0.29, 0.717) is 45.8 Å². The maximum Gasteiger partial charge on any atom is 0.257 e. The Morgan fingerprint density at radius 2 is 1.82 bits per heavy atom. The van der Waals surface area contributed by atoms with Crippen molar-refractivity contribution >= 4 is 57.2 Å². The van der Waals surface area contributed by atoms with E-state index in [2.05, 4.69) is 20.8 Å². The highest BCUT2D eigenvalue weighted by Gasteiger charge is 2.34. The number of carbonyl (C=O) groups excluding carboxylic acids is 3. The Morgan fingerprint density at radius 1 is 1.09 bits per heavy atom. The summed E-state index contributed by atoms with van der Waals surface area (Å²) in [6.07, 6.45) is 1.55. The van der Waals surface area contributed by atoms with Gasteiger partial charge in [0, 0.05) is 47.3 Å². The van der Waals surface area contributed by atoms with E-state index in [-0.39, 0.29) is 23.6 Å². The number of hydrogen-bond donors (Lipinski definition) is 2. The third-order valence-electron chi connectivity index (χ3n) is 5.18. The first kappa shape index (κ1) is 22.9. The van der Waals surface area contributed by atoms with Crippen molar-refractivity contribution in [3.8, 4) is 0 Å². The van der Waals surface area contributed by atoms with Gasteiger partial charge in [-0.05, 0) is 55.0 Å². The van der Waals surface area contributed by atoms with E-state index in [1.165, 1.54) is 11.3 Å². The molecule has 33 heavy (non-hydrogen) atoms. The fourth-order valence-electron chi connectivity index (χ4n) is 3.52. The maximum atomic E-state index is 12.6. The number of carbonyl (C=O) groups is 3. The van der Waals surface area contributed by atoms with Gasteiger partial charge < -0.3 is 10.2 Å². The van der Waals surface area contributed by atoms with E-state index in [1.54, 1.807) is 41.3 Å². The van der Waals surface area contributed by atoms with Crippen molar-refractivity contribution in [2.24, 2.45) is 0 Å². The Hall–Kier alpha value is -3.30. The largest absolute Gasteiger partial charge is 0.326 e. The van der Waals surface area contributed by atoms with Gasteiger partial charge in [-0.2, -0.15) is 0 Å². The van der Waals surface area contributed by atoms with E-state index in [9.17, 15) is 14.4 Å². The van der Waals surface area contributed by atoms with Crippen LogP contribution in [-0.2, 0) is 9.59 Å². The van der Waals surface area contributed by atoms with Crippen molar-refractivity contribution in [3.63, 3.8) is 0 Å². The van der Waals surface area contributed by atoms with Crippen molar-refractivity contribution in [1.29, 1.82) is 0 Å². The number of amides is 3. The molecule has 1 aliphatic heterocycles. The van der Waals surface area contributed by atoms with E-state index < -0.39 is 0 Å². The zero-order valence-electron chi connectivity index (χ0n) is 17.9. The second-order valence-corrected chi connectivity index (χ2v) is 9.10. The molecule has 1 aromatic heterocycles. The Balaban J connectivity index is 1.36. The van der Waals surface area contributed by atoms with Crippen LogP contribution in [0.2, 0.25) is 5.02 Å². The maximum absolute atomic E-state index is 12.6. The molecule has 1 unspecified atom stereocenters. The van der Waals surface area contributed by atoms with Gasteiger partial charge in [-0.15, -0.1) is 10.2 Å². The first-order valence-electron chi connectivity index (χ1n) is 10.5. The van der Waals surface area contributed by atoms with Gasteiger partial charge in [0.25, 0.3) is 5.91 Å². The quantitative estimate of drug-likeness (QED) is 0.506. The van der Waals surface area contributed by atoms with Crippen LogP contribution in [0.4, 0.5) is 16.5 Å². The first-order chi connectivity index (χ1) is 15.9. The number of anilines is 3. The number of nitrogens with zero attached hydrogens (tertiary/aromatic N) is 3. The van der Waals surface area contributed by atoms with Gasteiger partial charge in [-0.25, -0.2) is 0 Å². The summed E-state index contributed by atoms with van der Waals surface area (Å²) in [6.45, 7) is 2.43. The zero-order chi connectivity index (χ0) is 23.4. The topological polar surface area (TPSA) is 104 Å². The normalized spacial score (nSPS) is 15.5. The number of aromatic nitrogens is 2. The number of rotatable bonds is 7. The molecule has 170 valence electrons. The molecular weight excluding hydrogens is 462 g/mol. The second-order valence-electron chi connectivity index (χ2n) is 7.66. The lowest BCUT2D eigenvalue weighted by Crippen LogP contribution is -2.24. The summed E-state index contributed by atoms with van der Waals surface area (Å²) >= 11 is 7.20. The SMILES string of the molecule is CCCC(=O)Nc1ccc(C(=O)Nc2nnc(C3CC(=O)N(c4ccc(Cl)cc4)C3)s2)cc1. The minimum absolute atomic E-state index is 0.00854. The van der Waals surface area contributed by atoms with Crippen LogP contribution in [0.1, 0.15) is 47.5 Å². The predicted molar refractivity (Wildman–Crippen MR) is 129 cm³/mol. The number of hydrogen-bond acceptors (Lipinski definition) is 6. The minimum atomic E-state index is -0.325. The van der Waals surface area contributed by atoms with E-state index in [0.717, 1.165) is 12.1 Å². The van der Waals surface area contributed by atoms with Crippen LogP contribution in [0.25, 0.3) is 0 Å². The summed E-state index contributed by atoms with van der Waals surface area (Å²) in [7, 11) is 0. The zero-order valence-corrected chi connectivity index (χ0v) is 19.4. The second kappa shape index (κ2) is 10.1. The smallest absolute Gasteiger partial charge is 0.257 e. The van der Waals surface area contributed by atoms with Crippen LogP contribution in [-0.4, -0.2) is 34.5 Å². The molecule has 2 aromatic carbocycles. The number of nitrogens with one attached hydrogen (secondary N) is 2. The first-order valence-corrected chi connectivity index (χ1v) is 11.7.